The van der Waals surface area contributed by atoms with Crippen molar-refractivity contribution in [3.63, 3.8) is 0 Å². The fourth-order valence-corrected chi connectivity index (χ4v) is 1.72. The van der Waals surface area contributed by atoms with E-state index in [9.17, 15) is 9.59 Å². The summed E-state index contributed by atoms with van der Waals surface area (Å²) in [6.07, 6.45) is 0. The van der Waals surface area contributed by atoms with Crippen molar-refractivity contribution in [1.82, 2.24) is 5.32 Å². The van der Waals surface area contributed by atoms with Crippen LogP contribution in [0.1, 0.15) is 17.3 Å². The third kappa shape index (κ3) is 5.27. The van der Waals surface area contributed by atoms with Gasteiger partial charge in [-0.05, 0) is 25.1 Å². The maximum atomic E-state index is 11.6. The molecule has 7 heteroatoms. The van der Waals surface area contributed by atoms with E-state index < -0.39 is 12.0 Å². The van der Waals surface area contributed by atoms with Crippen molar-refractivity contribution >= 4 is 33.6 Å². The fraction of sp³-hybridized carbons (Fsp3) is 0.333. The molecule has 0 bridgehead atoms. The zero-order valence-electron chi connectivity index (χ0n) is 10.4. The molecule has 0 aromatic heterocycles. The highest BCUT2D eigenvalue weighted by atomic mass is 79.9. The first-order chi connectivity index (χ1) is 9.04. The van der Waals surface area contributed by atoms with Crippen LogP contribution in [0.4, 0.5) is 10.5 Å². The number of benzene rings is 1. The Morgan fingerprint density at radius 3 is 2.79 bits per heavy atom. The molecule has 19 heavy (non-hydrogen) atoms. The number of hydrogen-bond donors (Lipinski definition) is 3. The van der Waals surface area contributed by atoms with E-state index in [1.54, 1.807) is 6.07 Å². The minimum absolute atomic E-state index is 0.0307. The summed E-state index contributed by atoms with van der Waals surface area (Å²) in [6, 6.07) is 4.08. The summed E-state index contributed by atoms with van der Waals surface area (Å²) >= 11 is 3.22. The Balaban J connectivity index is 2.62. The van der Waals surface area contributed by atoms with Gasteiger partial charge in [-0.25, -0.2) is 9.59 Å². The quantitative estimate of drug-likeness (QED) is 0.698. The summed E-state index contributed by atoms with van der Waals surface area (Å²) < 4.78 is 5.75. The smallest absolute Gasteiger partial charge is 0.337 e. The molecule has 0 aliphatic heterocycles. The minimum atomic E-state index is -1.10. The zero-order chi connectivity index (χ0) is 14.3. The molecule has 1 aromatic carbocycles. The molecule has 0 spiro atoms. The van der Waals surface area contributed by atoms with Crippen LogP contribution in [-0.2, 0) is 4.74 Å². The van der Waals surface area contributed by atoms with E-state index in [2.05, 4.69) is 26.6 Å². The summed E-state index contributed by atoms with van der Waals surface area (Å²) in [5, 5.41) is 14.1. The number of urea groups is 1. The van der Waals surface area contributed by atoms with E-state index in [0.29, 0.717) is 24.2 Å². The Kier molecular flexibility index (Phi) is 6.31. The second kappa shape index (κ2) is 7.75. The topological polar surface area (TPSA) is 87.7 Å². The Morgan fingerprint density at radius 2 is 2.16 bits per heavy atom. The van der Waals surface area contributed by atoms with Gasteiger partial charge < -0.3 is 20.5 Å². The van der Waals surface area contributed by atoms with Crippen LogP contribution in [0.5, 0.6) is 0 Å². The highest BCUT2D eigenvalue weighted by Gasteiger charge is 2.12. The summed E-state index contributed by atoms with van der Waals surface area (Å²) in [7, 11) is 0. The van der Waals surface area contributed by atoms with Gasteiger partial charge in [0.15, 0.2) is 0 Å². The summed E-state index contributed by atoms with van der Waals surface area (Å²) in [5.41, 5.74) is 0.263. The Morgan fingerprint density at radius 1 is 1.42 bits per heavy atom. The molecular formula is C12H15BrN2O4. The number of carboxylic acids is 1. The van der Waals surface area contributed by atoms with Gasteiger partial charge in [-0.1, -0.05) is 15.9 Å². The molecule has 0 saturated carbocycles. The third-order valence-corrected chi connectivity index (χ3v) is 2.69. The zero-order valence-corrected chi connectivity index (χ0v) is 12.0. The van der Waals surface area contributed by atoms with E-state index >= 15 is 0 Å². The minimum Gasteiger partial charge on any atom is -0.478 e. The van der Waals surface area contributed by atoms with Gasteiger partial charge in [0.1, 0.15) is 0 Å². The Bertz CT molecular complexity index is 465. The molecule has 0 atom stereocenters. The van der Waals surface area contributed by atoms with E-state index in [1.165, 1.54) is 12.1 Å². The number of halogens is 1. The predicted octanol–water partition coefficient (Wildman–Crippen LogP) is 2.31. The van der Waals surface area contributed by atoms with Crippen molar-refractivity contribution in [3.05, 3.63) is 28.2 Å². The number of anilines is 1. The number of hydrogen-bond acceptors (Lipinski definition) is 3. The lowest BCUT2D eigenvalue weighted by atomic mass is 10.2. The van der Waals surface area contributed by atoms with Crippen LogP contribution in [0.25, 0.3) is 0 Å². The number of nitrogens with one attached hydrogen (secondary N) is 2. The SMILES string of the molecule is CCOCCNC(=O)Nc1cc(Br)ccc1C(=O)O. The normalized spacial score (nSPS) is 10.0. The molecule has 2 amide bonds. The Labute approximate surface area is 119 Å². The van der Waals surface area contributed by atoms with Gasteiger partial charge in [-0.2, -0.15) is 0 Å². The average molecular weight is 331 g/mol. The highest BCUT2D eigenvalue weighted by Crippen LogP contribution is 2.21. The van der Waals surface area contributed by atoms with Gasteiger partial charge >= 0.3 is 12.0 Å². The average Bonchev–Trinajstić information content (AvgIpc) is 2.34. The van der Waals surface area contributed by atoms with E-state index in [4.69, 9.17) is 9.84 Å². The van der Waals surface area contributed by atoms with Crippen LogP contribution in [0.3, 0.4) is 0 Å². The third-order valence-electron chi connectivity index (χ3n) is 2.20. The molecule has 0 saturated heterocycles. The van der Waals surface area contributed by atoms with Gasteiger partial charge in [-0.3, -0.25) is 0 Å². The molecule has 3 N–H and O–H groups in total. The van der Waals surface area contributed by atoms with Gasteiger partial charge in [0, 0.05) is 17.6 Å². The van der Waals surface area contributed by atoms with Crippen molar-refractivity contribution in [2.75, 3.05) is 25.1 Å². The van der Waals surface area contributed by atoms with Crippen molar-refractivity contribution in [3.8, 4) is 0 Å². The summed E-state index contributed by atoms with van der Waals surface area (Å²) in [5.74, 6) is -1.10. The standard InChI is InChI=1S/C12H15BrN2O4/c1-2-19-6-5-14-12(18)15-10-7-8(13)3-4-9(10)11(16)17/h3-4,7H,2,5-6H2,1H3,(H,16,17)(H2,14,15,18). The number of amides is 2. The highest BCUT2D eigenvalue weighted by molar-refractivity contribution is 9.10. The number of aromatic carboxylic acids is 1. The summed E-state index contributed by atoms with van der Waals surface area (Å²) in [6.45, 7) is 3.21. The molecule has 1 aromatic rings. The van der Waals surface area contributed by atoms with Crippen molar-refractivity contribution < 1.29 is 19.4 Å². The molecule has 1 rings (SSSR count). The first kappa shape index (κ1) is 15.5. The lowest BCUT2D eigenvalue weighted by molar-refractivity contribution is 0.0698. The second-order valence-electron chi connectivity index (χ2n) is 3.57. The maximum Gasteiger partial charge on any atom is 0.337 e. The van der Waals surface area contributed by atoms with Gasteiger partial charge in [0.2, 0.25) is 0 Å². The Hall–Kier alpha value is -1.60. The predicted molar refractivity (Wildman–Crippen MR) is 74.6 cm³/mol. The molecule has 104 valence electrons. The molecule has 0 fully saturated rings. The number of carboxylic acid groups (broad SMARTS) is 1. The number of carbonyl (C=O) groups excluding carboxylic acids is 1. The molecule has 0 unspecified atom stereocenters. The van der Waals surface area contributed by atoms with Crippen LogP contribution >= 0.6 is 15.9 Å². The monoisotopic (exact) mass is 330 g/mol. The van der Waals surface area contributed by atoms with Gasteiger partial charge in [0.05, 0.1) is 17.9 Å². The van der Waals surface area contributed by atoms with Crippen LogP contribution in [-0.4, -0.2) is 36.9 Å². The second-order valence-corrected chi connectivity index (χ2v) is 4.49. The molecule has 0 aliphatic rings. The van der Waals surface area contributed by atoms with E-state index in [1.807, 2.05) is 6.92 Å². The lowest BCUT2D eigenvalue weighted by Gasteiger charge is -2.10. The molecule has 6 nitrogen and oxygen atoms in total. The van der Waals surface area contributed by atoms with Crippen LogP contribution in [0, 0.1) is 0 Å². The number of carbonyl (C=O) groups is 2. The van der Waals surface area contributed by atoms with E-state index in [0.717, 1.165) is 0 Å². The largest absolute Gasteiger partial charge is 0.478 e. The van der Waals surface area contributed by atoms with Crippen molar-refractivity contribution in [1.29, 1.82) is 0 Å². The van der Waals surface area contributed by atoms with Crippen LogP contribution in [0.2, 0.25) is 0 Å². The van der Waals surface area contributed by atoms with Crippen molar-refractivity contribution in [2.24, 2.45) is 0 Å². The van der Waals surface area contributed by atoms with Crippen LogP contribution < -0.4 is 10.6 Å². The molecule has 0 radical (unpaired) electrons. The lowest BCUT2D eigenvalue weighted by Crippen LogP contribution is -2.32. The van der Waals surface area contributed by atoms with Crippen LogP contribution in [0.15, 0.2) is 22.7 Å². The first-order valence-corrected chi connectivity index (χ1v) is 6.49. The number of ether oxygens (including phenoxy) is 1. The molecule has 0 aliphatic carbocycles. The van der Waals surface area contributed by atoms with Gasteiger partial charge in [-0.15, -0.1) is 0 Å². The maximum absolute atomic E-state index is 11.6. The van der Waals surface area contributed by atoms with Crippen molar-refractivity contribution in [2.45, 2.75) is 6.92 Å². The van der Waals surface area contributed by atoms with E-state index in [-0.39, 0.29) is 11.3 Å². The fourth-order valence-electron chi connectivity index (χ4n) is 1.35. The number of rotatable bonds is 6. The summed E-state index contributed by atoms with van der Waals surface area (Å²) in [4.78, 5) is 22.6. The first-order valence-electron chi connectivity index (χ1n) is 5.70. The van der Waals surface area contributed by atoms with Gasteiger partial charge in [0.25, 0.3) is 0 Å². The molecule has 0 heterocycles. The molecular weight excluding hydrogens is 316 g/mol.